The second-order valence-electron chi connectivity index (χ2n) is 8.11. The number of ether oxygens (including phenoxy) is 1. The second kappa shape index (κ2) is 9.84. The molecule has 3 heterocycles. The Bertz CT molecular complexity index is 1360. The Morgan fingerprint density at radius 2 is 1.68 bits per heavy atom. The van der Waals surface area contributed by atoms with Gasteiger partial charge in [-0.15, -0.1) is 0 Å². The summed E-state index contributed by atoms with van der Waals surface area (Å²) in [7, 11) is 0. The second-order valence-corrected chi connectivity index (χ2v) is 8.11. The van der Waals surface area contributed by atoms with Crippen LogP contribution in [0.1, 0.15) is 21.6 Å². The van der Waals surface area contributed by atoms with E-state index in [9.17, 15) is 9.59 Å². The van der Waals surface area contributed by atoms with E-state index in [1.165, 1.54) is 4.68 Å². The molecular formula is C26H25N5O3. The Labute approximate surface area is 196 Å². The third-order valence-corrected chi connectivity index (χ3v) is 5.88. The van der Waals surface area contributed by atoms with Crippen molar-refractivity contribution in [3.63, 3.8) is 0 Å². The van der Waals surface area contributed by atoms with Crippen LogP contribution in [0.4, 0.5) is 5.82 Å². The van der Waals surface area contributed by atoms with Crippen molar-refractivity contribution in [3.8, 4) is 0 Å². The largest absolute Gasteiger partial charge is 0.378 e. The minimum atomic E-state index is -0.338. The molecule has 172 valence electrons. The third kappa shape index (κ3) is 4.53. The van der Waals surface area contributed by atoms with E-state index < -0.39 is 0 Å². The van der Waals surface area contributed by atoms with Gasteiger partial charge in [-0.25, -0.2) is 9.67 Å². The molecule has 1 fully saturated rings. The van der Waals surface area contributed by atoms with Crippen LogP contribution in [0, 0.1) is 0 Å². The van der Waals surface area contributed by atoms with Gasteiger partial charge in [-0.3, -0.25) is 9.59 Å². The quantitative estimate of drug-likeness (QED) is 0.481. The number of fused-ring (bicyclic) bond motifs is 1. The van der Waals surface area contributed by atoms with Gasteiger partial charge in [0.15, 0.2) is 5.69 Å². The van der Waals surface area contributed by atoms with Crippen LogP contribution in [0.2, 0.25) is 0 Å². The molecule has 1 aliphatic heterocycles. The lowest BCUT2D eigenvalue weighted by Gasteiger charge is -2.29. The van der Waals surface area contributed by atoms with Crippen LogP contribution >= 0.6 is 0 Å². The first-order chi connectivity index (χ1) is 16.7. The number of nitrogens with one attached hydrogen (secondary N) is 1. The molecule has 0 atom stereocenters. The first-order valence-electron chi connectivity index (χ1n) is 11.3. The van der Waals surface area contributed by atoms with Gasteiger partial charge in [0.1, 0.15) is 5.82 Å². The van der Waals surface area contributed by atoms with Crippen LogP contribution in [0.15, 0.2) is 77.7 Å². The molecule has 8 heteroatoms. The standard InChI is InChI=1S/C26H25N5O3/c32-25(28-17-20-9-6-12-27-24(20)30-13-15-34-16-14-30)23-21-10-4-5-11-22(21)26(33)31(29-23)18-19-7-2-1-3-8-19/h1-12H,13-18H2,(H,28,32). The smallest absolute Gasteiger partial charge is 0.274 e. The third-order valence-electron chi connectivity index (χ3n) is 5.88. The van der Waals surface area contributed by atoms with Crippen LogP contribution in [0.3, 0.4) is 0 Å². The van der Waals surface area contributed by atoms with Crippen molar-refractivity contribution < 1.29 is 9.53 Å². The molecule has 4 aromatic rings. The van der Waals surface area contributed by atoms with E-state index in [4.69, 9.17) is 4.74 Å². The number of carbonyl (C=O) groups excluding carboxylic acids is 1. The van der Waals surface area contributed by atoms with Crippen molar-refractivity contribution in [3.05, 3.63) is 100 Å². The number of aromatic nitrogens is 3. The summed E-state index contributed by atoms with van der Waals surface area (Å²) in [6, 6.07) is 20.5. The van der Waals surface area contributed by atoms with Crippen molar-refractivity contribution in [2.75, 3.05) is 31.2 Å². The minimum absolute atomic E-state index is 0.224. The first-order valence-corrected chi connectivity index (χ1v) is 11.3. The maximum Gasteiger partial charge on any atom is 0.274 e. The normalized spacial score (nSPS) is 13.7. The van der Waals surface area contributed by atoms with E-state index in [0.29, 0.717) is 30.5 Å². The Kier molecular flexibility index (Phi) is 6.31. The highest BCUT2D eigenvalue weighted by molar-refractivity contribution is 6.04. The molecule has 1 aliphatic rings. The van der Waals surface area contributed by atoms with E-state index in [1.807, 2.05) is 42.5 Å². The van der Waals surface area contributed by atoms with Crippen LogP contribution in [0.5, 0.6) is 0 Å². The summed E-state index contributed by atoms with van der Waals surface area (Å²) < 4.78 is 6.80. The summed E-state index contributed by atoms with van der Waals surface area (Å²) in [4.78, 5) is 33.0. The Hall–Kier alpha value is -4.04. The number of hydrogen-bond acceptors (Lipinski definition) is 6. The molecule has 0 unspecified atom stereocenters. The highest BCUT2D eigenvalue weighted by atomic mass is 16.5. The number of morpholine rings is 1. The molecule has 0 spiro atoms. The van der Waals surface area contributed by atoms with Gasteiger partial charge in [0.05, 0.1) is 25.1 Å². The summed E-state index contributed by atoms with van der Waals surface area (Å²) in [6.45, 7) is 3.41. The van der Waals surface area contributed by atoms with Crippen LogP contribution in [-0.2, 0) is 17.8 Å². The number of anilines is 1. The highest BCUT2D eigenvalue weighted by Gasteiger charge is 2.19. The Balaban J connectivity index is 1.44. The fraction of sp³-hybridized carbons (Fsp3) is 0.231. The van der Waals surface area contributed by atoms with Crippen molar-refractivity contribution in [2.24, 2.45) is 0 Å². The number of benzene rings is 2. The molecular weight excluding hydrogens is 430 g/mol. The van der Waals surface area contributed by atoms with E-state index in [2.05, 4.69) is 20.3 Å². The summed E-state index contributed by atoms with van der Waals surface area (Å²) >= 11 is 0. The number of nitrogens with zero attached hydrogens (tertiary/aromatic N) is 4. The number of hydrogen-bond donors (Lipinski definition) is 1. The lowest BCUT2D eigenvalue weighted by molar-refractivity contribution is 0.0945. The number of rotatable bonds is 6. The van der Waals surface area contributed by atoms with E-state index >= 15 is 0 Å². The van der Waals surface area contributed by atoms with Gasteiger partial charge < -0.3 is 15.0 Å². The summed E-state index contributed by atoms with van der Waals surface area (Å²) in [5, 5.41) is 8.46. The molecule has 0 saturated carbocycles. The SMILES string of the molecule is O=C(NCc1cccnc1N1CCOCC1)c1nn(Cc2ccccc2)c(=O)c2ccccc12. The van der Waals surface area contributed by atoms with Crippen molar-refractivity contribution in [1.82, 2.24) is 20.1 Å². The summed E-state index contributed by atoms with van der Waals surface area (Å²) in [5.41, 5.74) is 1.85. The average molecular weight is 456 g/mol. The molecule has 5 rings (SSSR count). The van der Waals surface area contributed by atoms with Crippen molar-refractivity contribution in [1.29, 1.82) is 0 Å². The van der Waals surface area contributed by atoms with E-state index in [1.54, 1.807) is 30.5 Å². The molecule has 0 bridgehead atoms. The van der Waals surface area contributed by atoms with Gasteiger partial charge in [0.25, 0.3) is 11.5 Å². The fourth-order valence-corrected chi connectivity index (χ4v) is 4.15. The lowest BCUT2D eigenvalue weighted by atomic mass is 10.1. The predicted molar refractivity (Wildman–Crippen MR) is 130 cm³/mol. The van der Waals surface area contributed by atoms with Gasteiger partial charge in [0, 0.05) is 36.8 Å². The first kappa shape index (κ1) is 21.8. The maximum atomic E-state index is 13.3. The zero-order chi connectivity index (χ0) is 23.3. The molecule has 2 aromatic carbocycles. The highest BCUT2D eigenvalue weighted by Crippen LogP contribution is 2.19. The molecule has 1 amide bonds. The van der Waals surface area contributed by atoms with E-state index in [0.717, 1.165) is 30.0 Å². The molecule has 34 heavy (non-hydrogen) atoms. The molecule has 1 saturated heterocycles. The van der Waals surface area contributed by atoms with Crippen LogP contribution in [-0.4, -0.2) is 47.0 Å². The molecule has 0 aliphatic carbocycles. The van der Waals surface area contributed by atoms with Crippen LogP contribution < -0.4 is 15.8 Å². The maximum absolute atomic E-state index is 13.3. The van der Waals surface area contributed by atoms with Crippen molar-refractivity contribution in [2.45, 2.75) is 13.1 Å². The predicted octanol–water partition coefficient (Wildman–Crippen LogP) is 2.61. The monoisotopic (exact) mass is 455 g/mol. The molecule has 1 N–H and O–H groups in total. The van der Waals surface area contributed by atoms with Crippen LogP contribution in [0.25, 0.3) is 10.8 Å². The number of pyridine rings is 1. The number of carbonyl (C=O) groups is 1. The van der Waals surface area contributed by atoms with Crippen molar-refractivity contribution >= 4 is 22.5 Å². The van der Waals surface area contributed by atoms with Gasteiger partial charge in [-0.2, -0.15) is 5.10 Å². The molecule has 8 nitrogen and oxygen atoms in total. The summed E-state index contributed by atoms with van der Waals surface area (Å²) in [6.07, 6.45) is 1.75. The molecule has 2 aromatic heterocycles. The zero-order valence-corrected chi connectivity index (χ0v) is 18.7. The van der Waals surface area contributed by atoms with Gasteiger partial charge in [-0.05, 0) is 17.7 Å². The van der Waals surface area contributed by atoms with E-state index in [-0.39, 0.29) is 23.7 Å². The lowest BCUT2D eigenvalue weighted by Crippen LogP contribution is -2.38. The topological polar surface area (TPSA) is 89.3 Å². The summed E-state index contributed by atoms with van der Waals surface area (Å²) in [5.74, 6) is 0.507. The zero-order valence-electron chi connectivity index (χ0n) is 18.7. The van der Waals surface area contributed by atoms with Gasteiger partial charge in [-0.1, -0.05) is 54.6 Å². The fourth-order valence-electron chi connectivity index (χ4n) is 4.15. The minimum Gasteiger partial charge on any atom is -0.378 e. The number of amides is 1. The Morgan fingerprint density at radius 3 is 2.47 bits per heavy atom. The van der Waals surface area contributed by atoms with Gasteiger partial charge >= 0.3 is 0 Å². The average Bonchev–Trinajstić information content (AvgIpc) is 2.90. The van der Waals surface area contributed by atoms with Gasteiger partial charge in [0.2, 0.25) is 0 Å². The molecule has 0 radical (unpaired) electrons. The Morgan fingerprint density at radius 1 is 0.941 bits per heavy atom.